The minimum Gasteiger partial charge on any atom is -0.376 e. The van der Waals surface area contributed by atoms with E-state index < -0.39 is 11.7 Å². The summed E-state index contributed by atoms with van der Waals surface area (Å²) < 4.78 is 13.9. The molecule has 2 aromatic rings. The number of carbonyl (C=O) groups is 1. The van der Waals surface area contributed by atoms with Gasteiger partial charge in [-0.1, -0.05) is 43.7 Å². The lowest BCUT2D eigenvalue weighted by Gasteiger charge is -2.20. The molecule has 110 valence electrons. The van der Waals surface area contributed by atoms with Crippen molar-refractivity contribution in [2.45, 2.75) is 25.8 Å². The Labute approximate surface area is 124 Å². The third kappa shape index (κ3) is 3.81. The molecule has 0 fully saturated rings. The lowest BCUT2D eigenvalue weighted by atomic mass is 10.0. The van der Waals surface area contributed by atoms with Crippen molar-refractivity contribution in [2.75, 3.05) is 5.32 Å². The molecule has 0 aliphatic heterocycles. The third-order valence-corrected chi connectivity index (χ3v) is 3.36. The number of carbonyl (C=O) groups excluding carboxylic acids is 1. The van der Waals surface area contributed by atoms with Gasteiger partial charge in [0.1, 0.15) is 5.82 Å². The topological polar surface area (TPSA) is 55.1 Å². The predicted octanol–water partition coefficient (Wildman–Crippen LogP) is 3.88. The standard InChI is InChI=1S/C17H19FN2O/c1-2-6-15(12-7-4-3-5-8-12)20-16-11-13(17(19)21)9-10-14(16)18/h3-5,7-11,15,20H,2,6H2,1H3,(H2,19,21). The van der Waals surface area contributed by atoms with Crippen molar-refractivity contribution < 1.29 is 9.18 Å². The van der Waals surface area contributed by atoms with Gasteiger partial charge < -0.3 is 11.1 Å². The van der Waals surface area contributed by atoms with Crippen molar-refractivity contribution in [2.24, 2.45) is 5.73 Å². The van der Waals surface area contributed by atoms with Gasteiger partial charge in [0, 0.05) is 5.56 Å². The summed E-state index contributed by atoms with van der Waals surface area (Å²) in [5.41, 5.74) is 6.92. The maximum Gasteiger partial charge on any atom is 0.248 e. The molecule has 1 unspecified atom stereocenters. The number of nitrogens with one attached hydrogen (secondary N) is 1. The summed E-state index contributed by atoms with van der Waals surface area (Å²) in [5.74, 6) is -0.957. The fourth-order valence-corrected chi connectivity index (χ4v) is 2.27. The van der Waals surface area contributed by atoms with Crippen LogP contribution in [0.5, 0.6) is 0 Å². The van der Waals surface area contributed by atoms with Crippen molar-refractivity contribution in [3.8, 4) is 0 Å². The van der Waals surface area contributed by atoms with E-state index in [4.69, 9.17) is 5.73 Å². The normalized spacial score (nSPS) is 11.9. The van der Waals surface area contributed by atoms with Gasteiger partial charge >= 0.3 is 0 Å². The Hall–Kier alpha value is -2.36. The Bertz CT molecular complexity index is 613. The fraction of sp³-hybridized carbons (Fsp3) is 0.235. The Balaban J connectivity index is 2.28. The van der Waals surface area contributed by atoms with Gasteiger partial charge in [-0.25, -0.2) is 4.39 Å². The summed E-state index contributed by atoms with van der Waals surface area (Å²) in [7, 11) is 0. The van der Waals surface area contributed by atoms with Gasteiger partial charge in [-0.15, -0.1) is 0 Å². The minimum absolute atomic E-state index is 0.00572. The molecule has 21 heavy (non-hydrogen) atoms. The van der Waals surface area contributed by atoms with Crippen molar-refractivity contribution in [1.29, 1.82) is 0 Å². The lowest BCUT2D eigenvalue weighted by molar-refractivity contribution is 0.100. The molecule has 4 heteroatoms. The first-order valence-corrected chi connectivity index (χ1v) is 7.02. The number of hydrogen-bond acceptors (Lipinski definition) is 2. The molecule has 3 N–H and O–H groups in total. The highest BCUT2D eigenvalue weighted by Gasteiger charge is 2.14. The fourth-order valence-electron chi connectivity index (χ4n) is 2.27. The van der Waals surface area contributed by atoms with Crippen LogP contribution in [0.1, 0.15) is 41.7 Å². The third-order valence-electron chi connectivity index (χ3n) is 3.36. The molecule has 0 radical (unpaired) electrons. The Morgan fingerprint density at radius 3 is 2.57 bits per heavy atom. The van der Waals surface area contributed by atoms with E-state index in [1.54, 1.807) is 0 Å². The van der Waals surface area contributed by atoms with Gasteiger partial charge in [0.25, 0.3) is 0 Å². The van der Waals surface area contributed by atoms with E-state index in [0.29, 0.717) is 11.3 Å². The van der Waals surface area contributed by atoms with Crippen LogP contribution in [0.15, 0.2) is 48.5 Å². The van der Waals surface area contributed by atoms with E-state index in [1.807, 2.05) is 30.3 Å². The summed E-state index contributed by atoms with van der Waals surface area (Å²) in [6.07, 6.45) is 1.83. The molecule has 0 aliphatic rings. The first kappa shape index (κ1) is 15.0. The average molecular weight is 286 g/mol. The van der Waals surface area contributed by atoms with Crippen LogP contribution >= 0.6 is 0 Å². The van der Waals surface area contributed by atoms with Crippen molar-refractivity contribution in [3.63, 3.8) is 0 Å². The molecule has 0 spiro atoms. The second-order valence-corrected chi connectivity index (χ2v) is 4.96. The lowest BCUT2D eigenvalue weighted by Crippen LogP contribution is -2.14. The van der Waals surface area contributed by atoms with E-state index in [0.717, 1.165) is 18.4 Å². The highest BCUT2D eigenvalue weighted by atomic mass is 19.1. The van der Waals surface area contributed by atoms with Gasteiger partial charge in [0.15, 0.2) is 0 Å². The van der Waals surface area contributed by atoms with Crippen molar-refractivity contribution in [3.05, 3.63) is 65.5 Å². The second kappa shape index (κ2) is 6.88. The smallest absolute Gasteiger partial charge is 0.248 e. The molecule has 1 atom stereocenters. The molecule has 0 saturated carbocycles. The summed E-state index contributed by atoms with van der Waals surface area (Å²) in [4.78, 5) is 11.2. The van der Waals surface area contributed by atoms with E-state index >= 15 is 0 Å². The van der Waals surface area contributed by atoms with Gasteiger partial charge in [-0.3, -0.25) is 4.79 Å². The van der Waals surface area contributed by atoms with Crippen LogP contribution < -0.4 is 11.1 Å². The molecule has 3 nitrogen and oxygen atoms in total. The number of amides is 1. The zero-order chi connectivity index (χ0) is 15.2. The van der Waals surface area contributed by atoms with Crippen LogP contribution in [0.2, 0.25) is 0 Å². The number of nitrogens with two attached hydrogens (primary N) is 1. The van der Waals surface area contributed by atoms with E-state index in [1.165, 1.54) is 18.2 Å². The number of rotatable bonds is 6. The zero-order valence-corrected chi connectivity index (χ0v) is 12.0. The van der Waals surface area contributed by atoms with Crippen LogP contribution in [-0.2, 0) is 0 Å². The zero-order valence-electron chi connectivity index (χ0n) is 12.0. The quantitative estimate of drug-likeness (QED) is 0.846. The van der Waals surface area contributed by atoms with E-state index in [-0.39, 0.29) is 6.04 Å². The van der Waals surface area contributed by atoms with Gasteiger partial charge in [0.05, 0.1) is 11.7 Å². The number of halogens is 1. The van der Waals surface area contributed by atoms with Crippen LogP contribution in [0.3, 0.4) is 0 Å². The molecule has 0 saturated heterocycles. The van der Waals surface area contributed by atoms with Gasteiger partial charge in [-0.2, -0.15) is 0 Å². The average Bonchev–Trinajstić information content (AvgIpc) is 2.49. The minimum atomic E-state index is -0.565. The van der Waals surface area contributed by atoms with Crippen LogP contribution in [0.25, 0.3) is 0 Å². The number of primary amides is 1. The monoisotopic (exact) mass is 286 g/mol. The number of hydrogen-bond donors (Lipinski definition) is 2. The van der Waals surface area contributed by atoms with Crippen LogP contribution in [-0.4, -0.2) is 5.91 Å². The molecule has 0 aromatic heterocycles. The van der Waals surface area contributed by atoms with E-state index in [2.05, 4.69) is 12.2 Å². The van der Waals surface area contributed by atoms with Crippen molar-refractivity contribution in [1.82, 2.24) is 0 Å². The van der Waals surface area contributed by atoms with Crippen LogP contribution in [0.4, 0.5) is 10.1 Å². The molecule has 0 heterocycles. The second-order valence-electron chi connectivity index (χ2n) is 4.96. The molecule has 1 amide bonds. The van der Waals surface area contributed by atoms with E-state index in [9.17, 15) is 9.18 Å². The summed E-state index contributed by atoms with van der Waals surface area (Å²) >= 11 is 0. The molecule has 0 aliphatic carbocycles. The summed E-state index contributed by atoms with van der Waals surface area (Å²) in [6, 6.07) is 14.0. The molecule has 0 bridgehead atoms. The Morgan fingerprint density at radius 2 is 1.95 bits per heavy atom. The maximum absolute atomic E-state index is 13.9. The number of anilines is 1. The van der Waals surface area contributed by atoms with Crippen LogP contribution in [0, 0.1) is 5.82 Å². The SMILES string of the molecule is CCCC(Nc1cc(C(N)=O)ccc1F)c1ccccc1. The first-order valence-electron chi connectivity index (χ1n) is 7.02. The number of benzene rings is 2. The molecule has 2 rings (SSSR count). The first-order chi connectivity index (χ1) is 10.1. The summed E-state index contributed by atoms with van der Waals surface area (Å²) in [6.45, 7) is 2.08. The van der Waals surface area contributed by atoms with Gasteiger partial charge in [-0.05, 0) is 30.2 Å². The maximum atomic E-state index is 13.9. The molecule has 2 aromatic carbocycles. The summed E-state index contributed by atoms with van der Waals surface area (Å²) in [5, 5.41) is 3.18. The molecular formula is C17H19FN2O. The van der Waals surface area contributed by atoms with Crippen molar-refractivity contribution >= 4 is 11.6 Å². The Kier molecular flexibility index (Phi) is 4.93. The van der Waals surface area contributed by atoms with Gasteiger partial charge in [0.2, 0.25) is 5.91 Å². The predicted molar refractivity (Wildman–Crippen MR) is 82.6 cm³/mol. The molecular weight excluding hydrogens is 267 g/mol. The Morgan fingerprint density at radius 1 is 1.24 bits per heavy atom. The highest BCUT2D eigenvalue weighted by Crippen LogP contribution is 2.26. The highest BCUT2D eigenvalue weighted by molar-refractivity contribution is 5.93. The largest absolute Gasteiger partial charge is 0.376 e.